The smallest absolute Gasteiger partial charge is 0.273 e. The molecule has 1 aliphatic carbocycles. The maximum Gasteiger partial charge on any atom is 0.278 e. The summed E-state index contributed by atoms with van der Waals surface area (Å²) in [6.07, 6.45) is 2.43. The Kier molecular flexibility index (Phi) is 8.90. The second-order valence-corrected chi connectivity index (χ2v) is 10.0. The van der Waals surface area contributed by atoms with Crippen molar-refractivity contribution in [1.29, 1.82) is 0 Å². The molecule has 1 fully saturated rings. The zero-order chi connectivity index (χ0) is 31.1. The predicted molar refractivity (Wildman–Crippen MR) is 163 cm³/mol. The van der Waals surface area contributed by atoms with E-state index in [0.717, 1.165) is 11.1 Å². The van der Waals surface area contributed by atoms with E-state index in [1.807, 2.05) is 60.7 Å². The lowest BCUT2D eigenvalue weighted by molar-refractivity contribution is -0.385. The minimum Gasteiger partial charge on any atom is -0.273 e. The molecule has 0 unspecified atom stereocenters. The Bertz CT molecular complexity index is 1610. The van der Waals surface area contributed by atoms with Crippen LogP contribution < -0.4 is 10.9 Å². The van der Waals surface area contributed by atoms with Gasteiger partial charge < -0.3 is 0 Å². The number of nitro benzene ring substituents is 2. The first-order chi connectivity index (χ1) is 21.4. The van der Waals surface area contributed by atoms with Gasteiger partial charge in [-0.3, -0.25) is 29.8 Å². The van der Waals surface area contributed by atoms with Crippen LogP contribution in [0, 0.1) is 32.1 Å². The molecule has 0 radical (unpaired) electrons. The van der Waals surface area contributed by atoms with Gasteiger partial charge in [0.2, 0.25) is 11.8 Å². The Morgan fingerprint density at radius 3 is 1.27 bits per heavy atom. The molecule has 12 nitrogen and oxygen atoms in total. The monoisotopic (exact) mass is 590 g/mol. The number of rotatable bonds is 10. The summed E-state index contributed by atoms with van der Waals surface area (Å²) >= 11 is 0. The summed E-state index contributed by atoms with van der Waals surface area (Å²) in [6.45, 7) is 0. The van der Waals surface area contributed by atoms with Crippen molar-refractivity contribution in [2.45, 2.75) is 11.8 Å². The number of nitro groups is 2. The number of carbonyl (C=O) groups excluding carboxylic acids is 2. The predicted octanol–water partition coefficient (Wildman–Crippen LogP) is 4.92. The van der Waals surface area contributed by atoms with Crippen LogP contribution in [0.25, 0.3) is 0 Å². The number of nitrogens with one attached hydrogen (secondary N) is 2. The van der Waals surface area contributed by atoms with Gasteiger partial charge in [0.05, 0.1) is 45.2 Å². The summed E-state index contributed by atoms with van der Waals surface area (Å²) in [6, 6.07) is 30.3. The van der Waals surface area contributed by atoms with Crippen molar-refractivity contribution >= 4 is 35.6 Å². The summed E-state index contributed by atoms with van der Waals surface area (Å²) in [7, 11) is 0. The van der Waals surface area contributed by atoms with Crippen molar-refractivity contribution in [3.63, 3.8) is 0 Å². The SMILES string of the molecule is O=C(N/N=C/c1ccccc1[N+](=O)[O-])C1C(c2ccccc2)C(C(=O)N/N=C/c2ccccc2[N+](=O)[O-])C1c1ccccc1. The Morgan fingerprint density at radius 2 is 0.909 bits per heavy atom. The van der Waals surface area contributed by atoms with Gasteiger partial charge in [-0.25, -0.2) is 10.9 Å². The summed E-state index contributed by atoms with van der Waals surface area (Å²) in [5, 5.41) is 30.7. The number of hydrazone groups is 2. The maximum absolute atomic E-state index is 13.7. The van der Waals surface area contributed by atoms with E-state index in [-0.39, 0.29) is 22.5 Å². The number of nitrogens with zero attached hydrogens (tertiary/aromatic N) is 4. The van der Waals surface area contributed by atoms with Gasteiger partial charge in [-0.05, 0) is 23.3 Å². The quantitative estimate of drug-likeness (QED) is 0.151. The van der Waals surface area contributed by atoms with Gasteiger partial charge in [0.15, 0.2) is 0 Å². The van der Waals surface area contributed by atoms with Crippen LogP contribution in [0.2, 0.25) is 0 Å². The highest BCUT2D eigenvalue weighted by molar-refractivity contribution is 5.92. The number of hydrogen-bond donors (Lipinski definition) is 2. The number of benzene rings is 4. The molecule has 5 rings (SSSR count). The zero-order valence-corrected chi connectivity index (χ0v) is 23.1. The molecule has 2 amide bonds. The van der Waals surface area contributed by atoms with Crippen molar-refractivity contribution in [1.82, 2.24) is 10.9 Å². The molecule has 4 aromatic carbocycles. The summed E-state index contributed by atoms with van der Waals surface area (Å²) in [5.41, 5.74) is 6.69. The van der Waals surface area contributed by atoms with E-state index in [4.69, 9.17) is 0 Å². The number of hydrogen-bond acceptors (Lipinski definition) is 8. The van der Waals surface area contributed by atoms with Crippen LogP contribution in [0.1, 0.15) is 34.1 Å². The molecule has 44 heavy (non-hydrogen) atoms. The molecule has 1 aliphatic rings. The second kappa shape index (κ2) is 13.3. The van der Waals surface area contributed by atoms with Crippen molar-refractivity contribution in [3.8, 4) is 0 Å². The molecular formula is C32H26N6O6. The molecular weight excluding hydrogens is 564 g/mol. The highest BCUT2D eigenvalue weighted by Crippen LogP contribution is 2.57. The average molecular weight is 591 g/mol. The molecule has 0 heterocycles. The van der Waals surface area contributed by atoms with Gasteiger partial charge in [0, 0.05) is 24.0 Å². The third kappa shape index (κ3) is 6.23. The van der Waals surface area contributed by atoms with Crippen LogP contribution in [0.15, 0.2) is 119 Å². The molecule has 0 aromatic heterocycles. The lowest BCUT2D eigenvalue weighted by Gasteiger charge is -2.50. The average Bonchev–Trinajstić information content (AvgIpc) is 3.02. The highest BCUT2D eigenvalue weighted by atomic mass is 16.6. The normalized spacial score (nSPS) is 19.3. The molecule has 0 aliphatic heterocycles. The van der Waals surface area contributed by atoms with E-state index >= 15 is 0 Å². The van der Waals surface area contributed by atoms with Crippen molar-refractivity contribution in [3.05, 3.63) is 152 Å². The van der Waals surface area contributed by atoms with Crippen molar-refractivity contribution in [2.24, 2.45) is 22.0 Å². The van der Waals surface area contributed by atoms with Crippen molar-refractivity contribution < 1.29 is 19.4 Å². The number of carbonyl (C=O) groups is 2. The van der Waals surface area contributed by atoms with Crippen LogP contribution in [-0.4, -0.2) is 34.1 Å². The maximum atomic E-state index is 13.7. The van der Waals surface area contributed by atoms with Gasteiger partial charge in [0.25, 0.3) is 11.4 Å². The Hall–Kier alpha value is -6.04. The topological polar surface area (TPSA) is 169 Å². The first-order valence-corrected chi connectivity index (χ1v) is 13.6. The fourth-order valence-electron chi connectivity index (χ4n) is 5.59. The van der Waals surface area contributed by atoms with E-state index in [9.17, 15) is 29.8 Å². The summed E-state index contributed by atoms with van der Waals surface area (Å²) in [5.74, 6) is -3.51. The molecule has 0 spiro atoms. The number of amides is 2. The largest absolute Gasteiger partial charge is 0.278 e. The summed E-state index contributed by atoms with van der Waals surface area (Å²) < 4.78 is 0. The fourth-order valence-corrected chi connectivity index (χ4v) is 5.59. The van der Waals surface area contributed by atoms with Gasteiger partial charge in [-0.2, -0.15) is 10.2 Å². The van der Waals surface area contributed by atoms with E-state index in [0.29, 0.717) is 0 Å². The van der Waals surface area contributed by atoms with Crippen LogP contribution in [0.4, 0.5) is 11.4 Å². The van der Waals surface area contributed by atoms with Gasteiger partial charge >= 0.3 is 0 Å². The molecule has 2 N–H and O–H groups in total. The Balaban J connectivity index is 1.44. The third-order valence-electron chi connectivity index (χ3n) is 7.55. The van der Waals surface area contributed by atoms with E-state index in [1.54, 1.807) is 12.1 Å². The molecule has 0 saturated heterocycles. The van der Waals surface area contributed by atoms with Crippen LogP contribution in [-0.2, 0) is 9.59 Å². The second-order valence-electron chi connectivity index (χ2n) is 10.0. The zero-order valence-electron chi connectivity index (χ0n) is 23.1. The van der Waals surface area contributed by atoms with Crippen molar-refractivity contribution in [2.75, 3.05) is 0 Å². The first kappa shape index (κ1) is 29.5. The minimum absolute atomic E-state index is 0.156. The van der Waals surface area contributed by atoms with Gasteiger partial charge in [-0.1, -0.05) is 84.9 Å². The van der Waals surface area contributed by atoms with Crippen LogP contribution in [0.3, 0.4) is 0 Å². The minimum atomic E-state index is -0.724. The van der Waals surface area contributed by atoms with Crippen LogP contribution >= 0.6 is 0 Å². The molecule has 220 valence electrons. The molecule has 12 heteroatoms. The number of para-hydroxylation sites is 2. The highest BCUT2D eigenvalue weighted by Gasteiger charge is 2.58. The van der Waals surface area contributed by atoms with Crippen LogP contribution in [0.5, 0.6) is 0 Å². The Labute approximate surface area is 251 Å². The lowest BCUT2D eigenvalue weighted by Crippen LogP contribution is -2.55. The molecule has 0 atom stereocenters. The first-order valence-electron chi connectivity index (χ1n) is 13.6. The van der Waals surface area contributed by atoms with E-state index in [1.165, 1.54) is 48.8 Å². The molecule has 0 bridgehead atoms. The molecule has 1 saturated carbocycles. The van der Waals surface area contributed by atoms with Gasteiger partial charge in [0.1, 0.15) is 0 Å². The standard InChI is InChI=1S/C32H26N6O6/c39-31(35-33-19-23-15-7-9-17-25(23)37(41)42)29-27(21-11-3-1-4-12-21)30(28(29)22-13-5-2-6-14-22)32(40)36-34-20-24-16-8-10-18-26(24)38(43)44/h1-20,27-30H,(H,35,39)(H,36,40)/b33-19+,34-20+. The van der Waals surface area contributed by atoms with E-state index < -0.39 is 45.3 Å². The van der Waals surface area contributed by atoms with E-state index in [2.05, 4.69) is 21.1 Å². The summed E-state index contributed by atoms with van der Waals surface area (Å²) in [4.78, 5) is 49.0. The van der Waals surface area contributed by atoms with Gasteiger partial charge in [-0.15, -0.1) is 0 Å². The Morgan fingerprint density at radius 1 is 0.568 bits per heavy atom. The lowest BCUT2D eigenvalue weighted by atomic mass is 9.52. The molecule has 4 aromatic rings. The third-order valence-corrected chi connectivity index (χ3v) is 7.55. The fraction of sp³-hybridized carbons (Fsp3) is 0.125.